The molecule has 1 aromatic heterocycles. The Bertz CT molecular complexity index is 492. The van der Waals surface area contributed by atoms with Gasteiger partial charge in [-0.15, -0.1) is 10.2 Å². The van der Waals surface area contributed by atoms with Crippen molar-refractivity contribution in [3.8, 4) is 5.88 Å². The Morgan fingerprint density at radius 3 is 2.60 bits per heavy atom. The Labute approximate surface area is 121 Å². The summed E-state index contributed by atoms with van der Waals surface area (Å²) >= 11 is 5.67. The molecule has 1 N–H and O–H groups in total. The molecule has 0 aromatic carbocycles. The van der Waals surface area contributed by atoms with Crippen LogP contribution in [-0.2, 0) is 0 Å². The van der Waals surface area contributed by atoms with Crippen molar-refractivity contribution in [2.24, 2.45) is 5.41 Å². The number of hydrogen-bond acceptors (Lipinski definition) is 4. The first-order valence-electron chi connectivity index (χ1n) is 6.70. The Morgan fingerprint density at radius 1 is 1.35 bits per heavy atom. The standard InChI is InChI=1S/C13H16ClN3O3/c14-10-1-2-11(16-15-10)20-9-7-13(8-9)3-5-17(6-4-13)12(18)19/h1-2,9H,3-8H2,(H,18,19). The van der Waals surface area contributed by atoms with Crippen molar-refractivity contribution in [3.05, 3.63) is 17.3 Å². The van der Waals surface area contributed by atoms with Crippen molar-refractivity contribution < 1.29 is 14.6 Å². The summed E-state index contributed by atoms with van der Waals surface area (Å²) in [5, 5.41) is 16.9. The van der Waals surface area contributed by atoms with Crippen molar-refractivity contribution in [2.75, 3.05) is 13.1 Å². The van der Waals surface area contributed by atoms with Gasteiger partial charge in [-0.05, 0) is 37.2 Å². The number of halogens is 1. The topological polar surface area (TPSA) is 75.5 Å². The fourth-order valence-corrected chi connectivity index (χ4v) is 3.21. The van der Waals surface area contributed by atoms with Crippen LogP contribution < -0.4 is 4.74 Å². The highest BCUT2D eigenvalue weighted by Gasteiger charge is 2.47. The lowest BCUT2D eigenvalue weighted by Gasteiger charge is -2.51. The van der Waals surface area contributed by atoms with Gasteiger partial charge >= 0.3 is 6.09 Å². The number of aromatic nitrogens is 2. The highest BCUT2D eigenvalue weighted by molar-refractivity contribution is 6.29. The minimum Gasteiger partial charge on any atom is -0.473 e. The molecule has 1 spiro atoms. The van der Waals surface area contributed by atoms with Crippen molar-refractivity contribution in [1.29, 1.82) is 0 Å². The van der Waals surface area contributed by atoms with Gasteiger partial charge in [0.05, 0.1) is 0 Å². The van der Waals surface area contributed by atoms with Crippen LogP contribution in [0.4, 0.5) is 4.79 Å². The van der Waals surface area contributed by atoms with E-state index >= 15 is 0 Å². The maximum absolute atomic E-state index is 10.9. The quantitative estimate of drug-likeness (QED) is 0.907. The number of rotatable bonds is 2. The first-order valence-corrected chi connectivity index (χ1v) is 7.08. The normalized spacial score (nSPS) is 21.6. The summed E-state index contributed by atoms with van der Waals surface area (Å²) < 4.78 is 5.74. The molecule has 1 saturated heterocycles. The number of carbonyl (C=O) groups is 1. The van der Waals surface area contributed by atoms with E-state index in [-0.39, 0.29) is 11.5 Å². The highest BCUT2D eigenvalue weighted by Crippen LogP contribution is 2.50. The fraction of sp³-hybridized carbons (Fsp3) is 0.615. The average Bonchev–Trinajstić information content (AvgIpc) is 2.40. The molecule has 2 heterocycles. The minimum atomic E-state index is -0.816. The van der Waals surface area contributed by atoms with E-state index in [1.165, 1.54) is 4.90 Å². The number of nitrogens with zero attached hydrogens (tertiary/aromatic N) is 3. The van der Waals surface area contributed by atoms with Crippen LogP contribution in [0, 0.1) is 5.41 Å². The van der Waals surface area contributed by atoms with Gasteiger partial charge in [-0.1, -0.05) is 11.6 Å². The number of likely N-dealkylation sites (tertiary alicyclic amines) is 1. The third-order valence-electron chi connectivity index (χ3n) is 4.31. The molecule has 7 heteroatoms. The molecule has 0 unspecified atom stereocenters. The van der Waals surface area contributed by atoms with Crippen LogP contribution in [0.25, 0.3) is 0 Å². The second-order valence-corrected chi connectivity index (χ2v) is 6.00. The molecule has 2 fully saturated rings. The SMILES string of the molecule is O=C(O)N1CCC2(CC1)CC(Oc1ccc(Cl)nn1)C2. The molecule has 1 aliphatic carbocycles. The number of carboxylic acid groups (broad SMARTS) is 1. The van der Waals surface area contributed by atoms with E-state index in [4.69, 9.17) is 21.4 Å². The smallest absolute Gasteiger partial charge is 0.407 e. The summed E-state index contributed by atoms with van der Waals surface area (Å²) in [5.41, 5.74) is 0.260. The Balaban J connectivity index is 1.49. The van der Waals surface area contributed by atoms with E-state index in [0.29, 0.717) is 24.1 Å². The van der Waals surface area contributed by atoms with Gasteiger partial charge in [0.25, 0.3) is 0 Å². The van der Waals surface area contributed by atoms with E-state index in [1.807, 2.05) is 0 Å². The molecule has 1 aliphatic heterocycles. The third kappa shape index (κ3) is 2.65. The minimum absolute atomic E-state index is 0.154. The van der Waals surface area contributed by atoms with Gasteiger partial charge in [0.2, 0.25) is 5.88 Å². The highest BCUT2D eigenvalue weighted by atomic mass is 35.5. The van der Waals surface area contributed by atoms with Crippen LogP contribution >= 0.6 is 11.6 Å². The van der Waals surface area contributed by atoms with Gasteiger partial charge in [0, 0.05) is 19.2 Å². The summed E-state index contributed by atoms with van der Waals surface area (Å²) in [4.78, 5) is 12.4. The zero-order valence-electron chi connectivity index (χ0n) is 11.0. The molecule has 1 saturated carbocycles. The van der Waals surface area contributed by atoms with Gasteiger partial charge in [-0.2, -0.15) is 0 Å². The number of ether oxygens (including phenoxy) is 1. The summed E-state index contributed by atoms with van der Waals surface area (Å²) in [6, 6.07) is 3.37. The molecule has 6 nitrogen and oxygen atoms in total. The van der Waals surface area contributed by atoms with Crippen LogP contribution in [0.3, 0.4) is 0 Å². The van der Waals surface area contributed by atoms with E-state index in [9.17, 15) is 4.79 Å². The predicted octanol–water partition coefficient (Wildman–Crippen LogP) is 2.43. The first kappa shape index (κ1) is 13.4. The van der Waals surface area contributed by atoms with Crippen molar-refractivity contribution in [2.45, 2.75) is 31.8 Å². The largest absolute Gasteiger partial charge is 0.473 e. The molecule has 0 radical (unpaired) electrons. The Kier molecular flexibility index (Phi) is 3.41. The van der Waals surface area contributed by atoms with Crippen molar-refractivity contribution in [3.63, 3.8) is 0 Å². The van der Waals surface area contributed by atoms with Crippen LogP contribution in [0.15, 0.2) is 12.1 Å². The van der Waals surface area contributed by atoms with E-state index in [2.05, 4.69) is 10.2 Å². The van der Waals surface area contributed by atoms with Crippen LogP contribution in [-0.4, -0.2) is 45.5 Å². The second-order valence-electron chi connectivity index (χ2n) is 5.61. The molecule has 3 rings (SSSR count). The summed E-state index contributed by atoms with van der Waals surface area (Å²) in [6.45, 7) is 1.26. The lowest BCUT2D eigenvalue weighted by molar-refractivity contribution is -0.0534. The molecule has 1 amide bonds. The third-order valence-corrected chi connectivity index (χ3v) is 4.51. The molecular formula is C13H16ClN3O3. The Hall–Kier alpha value is -1.56. The van der Waals surface area contributed by atoms with E-state index in [1.54, 1.807) is 12.1 Å². The Morgan fingerprint density at radius 2 is 2.05 bits per heavy atom. The van der Waals surface area contributed by atoms with Gasteiger partial charge < -0.3 is 14.7 Å². The van der Waals surface area contributed by atoms with E-state index < -0.39 is 6.09 Å². The summed E-state index contributed by atoms with van der Waals surface area (Å²) in [7, 11) is 0. The zero-order valence-corrected chi connectivity index (χ0v) is 11.7. The first-order chi connectivity index (χ1) is 9.56. The van der Waals surface area contributed by atoms with Gasteiger partial charge in [-0.25, -0.2) is 4.79 Å². The molecule has 20 heavy (non-hydrogen) atoms. The maximum Gasteiger partial charge on any atom is 0.407 e. The number of piperidine rings is 1. The van der Waals surface area contributed by atoms with Crippen molar-refractivity contribution >= 4 is 17.7 Å². The summed E-state index contributed by atoms with van der Waals surface area (Å²) in [6.07, 6.45) is 3.11. The van der Waals surface area contributed by atoms with Gasteiger partial charge in [0.15, 0.2) is 5.15 Å². The van der Waals surface area contributed by atoms with Crippen LogP contribution in [0.2, 0.25) is 5.15 Å². The molecule has 0 bridgehead atoms. The molecule has 108 valence electrons. The second kappa shape index (κ2) is 5.09. The number of amides is 1. The fourth-order valence-electron chi connectivity index (χ4n) is 3.11. The molecule has 0 atom stereocenters. The lowest BCUT2D eigenvalue weighted by Crippen LogP contribution is -2.51. The molecule has 2 aliphatic rings. The maximum atomic E-state index is 10.9. The van der Waals surface area contributed by atoms with Crippen molar-refractivity contribution in [1.82, 2.24) is 15.1 Å². The average molecular weight is 298 g/mol. The lowest BCUT2D eigenvalue weighted by atomic mass is 9.61. The predicted molar refractivity (Wildman–Crippen MR) is 72.0 cm³/mol. The van der Waals surface area contributed by atoms with E-state index in [0.717, 1.165) is 25.7 Å². The van der Waals surface area contributed by atoms with Gasteiger partial charge in [-0.3, -0.25) is 0 Å². The summed E-state index contributed by atoms with van der Waals surface area (Å²) in [5.74, 6) is 0.497. The number of hydrogen-bond donors (Lipinski definition) is 1. The monoisotopic (exact) mass is 297 g/mol. The van der Waals surface area contributed by atoms with Crippen LogP contribution in [0.1, 0.15) is 25.7 Å². The molecule has 1 aromatic rings. The zero-order chi connectivity index (χ0) is 14.2. The molecular weight excluding hydrogens is 282 g/mol. The van der Waals surface area contributed by atoms with Gasteiger partial charge in [0.1, 0.15) is 6.10 Å². The van der Waals surface area contributed by atoms with Crippen LogP contribution in [0.5, 0.6) is 5.88 Å².